The lowest BCUT2D eigenvalue weighted by Gasteiger charge is -2.32. The fourth-order valence-corrected chi connectivity index (χ4v) is 5.85. The molecule has 5 rings (SSSR count). The van der Waals surface area contributed by atoms with Crippen molar-refractivity contribution in [2.75, 3.05) is 20.2 Å². The fourth-order valence-electron chi connectivity index (χ4n) is 4.47. The zero-order valence-corrected chi connectivity index (χ0v) is 19.2. The average Bonchev–Trinajstić information content (AvgIpc) is 3.34. The Labute approximate surface area is 184 Å². The zero-order chi connectivity index (χ0) is 21.8. The van der Waals surface area contributed by atoms with Crippen LogP contribution in [-0.2, 0) is 19.5 Å². The molecule has 0 amide bonds. The van der Waals surface area contributed by atoms with E-state index in [1.807, 2.05) is 28.8 Å². The quantitative estimate of drug-likeness (QED) is 0.488. The molecule has 0 radical (unpaired) electrons. The predicted octanol–water partition coefficient (Wildman–Crippen LogP) is 3.57. The standard InChI is InChI=1S/C23H27N5O2S/c1-23(2,3)13-26-10-9-17-18(12-26)31-21-19(17)20-24-14-25-28(20)22(29)27(21)11-15-5-7-16(30-4)8-6-15/h5-8,14H,9-13H2,1-4H3. The highest BCUT2D eigenvalue weighted by Crippen LogP contribution is 2.37. The number of methoxy groups -OCH3 is 1. The number of fused-ring (bicyclic) bond motifs is 5. The van der Waals surface area contributed by atoms with E-state index in [1.165, 1.54) is 21.3 Å². The molecule has 1 aliphatic rings. The highest BCUT2D eigenvalue weighted by Gasteiger charge is 2.27. The number of hydrogen-bond acceptors (Lipinski definition) is 6. The Hall–Kier alpha value is -2.71. The summed E-state index contributed by atoms with van der Waals surface area (Å²) < 4.78 is 8.55. The topological polar surface area (TPSA) is 64.7 Å². The molecule has 0 saturated carbocycles. The monoisotopic (exact) mass is 437 g/mol. The summed E-state index contributed by atoms with van der Waals surface area (Å²) in [5, 5.41) is 5.32. The molecule has 0 bridgehead atoms. The maximum Gasteiger partial charge on any atom is 0.352 e. The highest BCUT2D eigenvalue weighted by atomic mass is 32.1. The van der Waals surface area contributed by atoms with E-state index in [9.17, 15) is 4.79 Å². The first-order valence-corrected chi connectivity index (χ1v) is 11.4. The third-order valence-electron chi connectivity index (χ3n) is 5.74. The SMILES string of the molecule is COc1ccc(Cn2c(=O)n3ncnc3c3c4c(sc32)CN(CC(C)(C)C)CC4)cc1. The lowest BCUT2D eigenvalue weighted by molar-refractivity contribution is 0.179. The predicted molar refractivity (Wildman–Crippen MR) is 123 cm³/mol. The van der Waals surface area contributed by atoms with Crippen LogP contribution in [0.1, 0.15) is 36.8 Å². The van der Waals surface area contributed by atoms with Crippen LogP contribution < -0.4 is 10.4 Å². The molecule has 4 aromatic rings. The first-order valence-electron chi connectivity index (χ1n) is 10.6. The van der Waals surface area contributed by atoms with Crippen LogP contribution in [0, 0.1) is 5.41 Å². The van der Waals surface area contributed by atoms with Gasteiger partial charge in [-0.3, -0.25) is 9.47 Å². The highest BCUT2D eigenvalue weighted by molar-refractivity contribution is 7.19. The van der Waals surface area contributed by atoms with E-state index in [1.54, 1.807) is 18.4 Å². The largest absolute Gasteiger partial charge is 0.497 e. The Morgan fingerprint density at radius 2 is 1.97 bits per heavy atom. The van der Waals surface area contributed by atoms with Crippen molar-refractivity contribution in [3.8, 4) is 5.75 Å². The maximum atomic E-state index is 13.3. The van der Waals surface area contributed by atoms with Crippen molar-refractivity contribution in [2.45, 2.75) is 40.3 Å². The molecular weight excluding hydrogens is 410 g/mol. The molecule has 0 N–H and O–H groups in total. The van der Waals surface area contributed by atoms with Crippen LogP contribution >= 0.6 is 11.3 Å². The lowest BCUT2D eigenvalue weighted by Crippen LogP contribution is -2.36. The van der Waals surface area contributed by atoms with Gasteiger partial charge in [-0.15, -0.1) is 11.3 Å². The van der Waals surface area contributed by atoms with E-state index in [0.717, 1.165) is 47.6 Å². The molecule has 8 heteroatoms. The fraction of sp³-hybridized carbons (Fsp3) is 0.435. The van der Waals surface area contributed by atoms with Crippen molar-refractivity contribution in [3.05, 3.63) is 57.1 Å². The van der Waals surface area contributed by atoms with Gasteiger partial charge in [-0.2, -0.15) is 9.61 Å². The van der Waals surface area contributed by atoms with Crippen LogP contribution in [0.4, 0.5) is 0 Å². The van der Waals surface area contributed by atoms with Gasteiger partial charge in [0.15, 0.2) is 5.65 Å². The maximum absolute atomic E-state index is 13.3. The van der Waals surface area contributed by atoms with E-state index in [2.05, 4.69) is 35.8 Å². The molecule has 0 fully saturated rings. The van der Waals surface area contributed by atoms with Crippen LogP contribution in [-0.4, -0.2) is 44.3 Å². The van der Waals surface area contributed by atoms with Gasteiger partial charge in [0.2, 0.25) is 0 Å². The Morgan fingerprint density at radius 1 is 1.19 bits per heavy atom. The van der Waals surface area contributed by atoms with Crippen molar-refractivity contribution < 1.29 is 4.74 Å². The van der Waals surface area contributed by atoms with E-state index in [0.29, 0.717) is 12.2 Å². The Balaban J connectivity index is 1.63. The summed E-state index contributed by atoms with van der Waals surface area (Å²) in [5.74, 6) is 0.804. The van der Waals surface area contributed by atoms with Crippen molar-refractivity contribution in [2.24, 2.45) is 5.41 Å². The summed E-state index contributed by atoms with van der Waals surface area (Å²) in [5.41, 5.74) is 3.15. The number of rotatable bonds is 4. The minimum Gasteiger partial charge on any atom is -0.497 e. The second-order valence-electron chi connectivity index (χ2n) is 9.42. The average molecular weight is 438 g/mol. The Kier molecular flexibility index (Phi) is 4.86. The van der Waals surface area contributed by atoms with E-state index in [-0.39, 0.29) is 11.1 Å². The minimum atomic E-state index is -0.152. The molecule has 0 spiro atoms. The van der Waals surface area contributed by atoms with E-state index < -0.39 is 0 Å². The van der Waals surface area contributed by atoms with Crippen LogP contribution in [0.25, 0.3) is 15.9 Å². The van der Waals surface area contributed by atoms with Gasteiger partial charge in [-0.25, -0.2) is 9.78 Å². The number of aromatic nitrogens is 4. The van der Waals surface area contributed by atoms with Crippen molar-refractivity contribution >= 4 is 27.2 Å². The second-order valence-corrected chi connectivity index (χ2v) is 10.5. The van der Waals surface area contributed by atoms with Gasteiger partial charge in [-0.1, -0.05) is 32.9 Å². The van der Waals surface area contributed by atoms with E-state index in [4.69, 9.17) is 4.74 Å². The molecule has 0 saturated heterocycles. The summed E-state index contributed by atoms with van der Waals surface area (Å²) >= 11 is 1.73. The van der Waals surface area contributed by atoms with Crippen molar-refractivity contribution in [3.63, 3.8) is 0 Å². The molecule has 0 aliphatic carbocycles. The van der Waals surface area contributed by atoms with Gasteiger partial charge >= 0.3 is 5.69 Å². The van der Waals surface area contributed by atoms with Crippen LogP contribution in [0.5, 0.6) is 5.75 Å². The molecule has 162 valence electrons. The molecule has 4 heterocycles. The molecular formula is C23H27N5O2S. The normalized spacial score (nSPS) is 15.0. The summed E-state index contributed by atoms with van der Waals surface area (Å²) in [6, 6.07) is 7.85. The van der Waals surface area contributed by atoms with Gasteiger partial charge in [0.05, 0.1) is 19.0 Å². The summed E-state index contributed by atoms with van der Waals surface area (Å²) in [7, 11) is 1.65. The number of ether oxygens (including phenoxy) is 1. The van der Waals surface area contributed by atoms with Gasteiger partial charge in [0, 0.05) is 24.5 Å². The van der Waals surface area contributed by atoms with Crippen LogP contribution in [0.3, 0.4) is 0 Å². The Bertz CT molecular complexity index is 1310. The van der Waals surface area contributed by atoms with E-state index >= 15 is 0 Å². The first kappa shape index (κ1) is 20.2. The molecule has 1 aliphatic heterocycles. The third-order valence-corrected chi connectivity index (χ3v) is 6.98. The molecule has 3 aromatic heterocycles. The molecule has 0 atom stereocenters. The number of nitrogens with zero attached hydrogens (tertiary/aromatic N) is 5. The minimum absolute atomic E-state index is 0.152. The van der Waals surface area contributed by atoms with Crippen molar-refractivity contribution in [1.82, 2.24) is 24.1 Å². The van der Waals surface area contributed by atoms with Crippen LogP contribution in [0.15, 0.2) is 35.4 Å². The number of benzene rings is 1. The molecule has 7 nitrogen and oxygen atoms in total. The summed E-state index contributed by atoms with van der Waals surface area (Å²) in [4.78, 5) is 22.6. The van der Waals surface area contributed by atoms with Crippen molar-refractivity contribution in [1.29, 1.82) is 0 Å². The van der Waals surface area contributed by atoms with Gasteiger partial charge in [-0.05, 0) is 35.1 Å². The Morgan fingerprint density at radius 3 is 2.68 bits per heavy atom. The second kappa shape index (κ2) is 7.46. The zero-order valence-electron chi connectivity index (χ0n) is 18.4. The first-order chi connectivity index (χ1) is 14.8. The number of thiophene rings is 1. The van der Waals surface area contributed by atoms with Gasteiger partial charge < -0.3 is 4.74 Å². The molecule has 31 heavy (non-hydrogen) atoms. The molecule has 1 aromatic carbocycles. The number of hydrogen-bond donors (Lipinski definition) is 0. The summed E-state index contributed by atoms with van der Waals surface area (Å²) in [6.07, 6.45) is 2.45. The third kappa shape index (κ3) is 3.64. The lowest BCUT2D eigenvalue weighted by atomic mass is 9.94. The summed E-state index contributed by atoms with van der Waals surface area (Å²) in [6.45, 7) is 10.3. The smallest absolute Gasteiger partial charge is 0.352 e. The van der Waals surface area contributed by atoms with Gasteiger partial charge in [0.1, 0.15) is 16.9 Å². The molecule has 0 unspecified atom stereocenters. The van der Waals surface area contributed by atoms with Gasteiger partial charge in [0.25, 0.3) is 0 Å². The van der Waals surface area contributed by atoms with Crippen LogP contribution in [0.2, 0.25) is 0 Å².